The molecule has 0 spiro atoms. The van der Waals surface area contributed by atoms with Crippen LogP contribution in [0.4, 0.5) is 0 Å². The average Bonchev–Trinajstić information content (AvgIpc) is 2.48. The number of benzene rings is 1. The topological polar surface area (TPSA) is 42.4 Å². The molecule has 0 unspecified atom stereocenters. The second kappa shape index (κ2) is 6.90. The van der Waals surface area contributed by atoms with Gasteiger partial charge < -0.3 is 9.84 Å². The van der Waals surface area contributed by atoms with Crippen LogP contribution in [0.25, 0.3) is 0 Å². The zero-order valence-corrected chi connectivity index (χ0v) is 11.1. The van der Waals surface area contributed by atoms with Crippen molar-refractivity contribution < 1.29 is 9.84 Å². The molecule has 1 heterocycles. The van der Waals surface area contributed by atoms with Crippen molar-refractivity contribution in [3.05, 3.63) is 59.9 Å². The predicted molar refractivity (Wildman–Crippen MR) is 75.1 cm³/mol. The maximum atomic E-state index is 9.70. The maximum Gasteiger partial charge on any atom is 0.119 e. The van der Waals surface area contributed by atoms with E-state index in [-0.39, 0.29) is 6.10 Å². The minimum Gasteiger partial charge on any atom is -0.493 e. The first kappa shape index (κ1) is 13.6. The first-order valence-corrected chi connectivity index (χ1v) is 6.59. The van der Waals surface area contributed by atoms with Crippen LogP contribution in [-0.4, -0.2) is 16.7 Å². The van der Waals surface area contributed by atoms with Crippen LogP contribution in [0, 0.1) is 0 Å². The van der Waals surface area contributed by atoms with Gasteiger partial charge in [-0.3, -0.25) is 4.98 Å². The van der Waals surface area contributed by atoms with Gasteiger partial charge in [-0.1, -0.05) is 19.1 Å². The van der Waals surface area contributed by atoms with Crippen molar-refractivity contribution >= 4 is 0 Å². The van der Waals surface area contributed by atoms with Crippen LogP contribution < -0.4 is 4.74 Å². The second-order valence-electron chi connectivity index (χ2n) is 4.45. The molecule has 100 valence electrons. The Balaban J connectivity index is 1.83. The molecule has 0 aliphatic carbocycles. The molecule has 0 saturated carbocycles. The Hall–Kier alpha value is -1.87. The van der Waals surface area contributed by atoms with E-state index >= 15 is 0 Å². The van der Waals surface area contributed by atoms with Gasteiger partial charge in [-0.2, -0.15) is 0 Å². The third kappa shape index (κ3) is 4.07. The van der Waals surface area contributed by atoms with Crippen LogP contribution in [0.15, 0.2) is 48.8 Å². The lowest BCUT2D eigenvalue weighted by molar-refractivity contribution is 0.173. The van der Waals surface area contributed by atoms with Crippen molar-refractivity contribution in [2.45, 2.75) is 25.9 Å². The van der Waals surface area contributed by atoms with Gasteiger partial charge in [-0.15, -0.1) is 0 Å². The van der Waals surface area contributed by atoms with Crippen LogP contribution in [0.3, 0.4) is 0 Å². The van der Waals surface area contributed by atoms with Crippen molar-refractivity contribution in [1.29, 1.82) is 0 Å². The number of pyridine rings is 1. The number of ether oxygens (including phenoxy) is 1. The third-order valence-electron chi connectivity index (χ3n) is 3.06. The molecular formula is C16H19NO2. The molecule has 3 heteroatoms. The highest BCUT2D eigenvalue weighted by Gasteiger charge is 2.04. The highest BCUT2D eigenvalue weighted by atomic mass is 16.5. The molecule has 1 aromatic carbocycles. The lowest BCUT2D eigenvalue weighted by Crippen LogP contribution is -2.02. The molecule has 0 aliphatic rings. The summed E-state index contributed by atoms with van der Waals surface area (Å²) in [5.74, 6) is 0.834. The van der Waals surface area contributed by atoms with Crippen LogP contribution in [0.5, 0.6) is 5.75 Å². The van der Waals surface area contributed by atoms with Gasteiger partial charge in [0.25, 0.3) is 0 Å². The van der Waals surface area contributed by atoms with Gasteiger partial charge in [0.2, 0.25) is 0 Å². The van der Waals surface area contributed by atoms with E-state index in [0.717, 1.165) is 24.2 Å². The fraction of sp³-hybridized carbons (Fsp3) is 0.312. The SMILES string of the molecule is CC[C@H](O)c1ccc(OCCc2ccncc2)cc1. The Bertz CT molecular complexity index is 482. The molecule has 1 N–H and O–H groups in total. The fourth-order valence-electron chi connectivity index (χ4n) is 1.86. The van der Waals surface area contributed by atoms with E-state index in [4.69, 9.17) is 4.74 Å². The van der Waals surface area contributed by atoms with Crippen LogP contribution in [0.2, 0.25) is 0 Å². The Morgan fingerprint density at radius 1 is 1.11 bits per heavy atom. The monoisotopic (exact) mass is 257 g/mol. The standard InChI is InChI=1S/C16H19NO2/c1-2-16(18)14-3-5-15(6-4-14)19-12-9-13-7-10-17-11-8-13/h3-8,10-11,16,18H,2,9,12H2,1H3/t16-/m0/s1. The van der Waals surface area contributed by atoms with Gasteiger partial charge in [0, 0.05) is 18.8 Å². The van der Waals surface area contributed by atoms with E-state index < -0.39 is 0 Å². The largest absolute Gasteiger partial charge is 0.493 e. The number of hydrogen-bond donors (Lipinski definition) is 1. The third-order valence-corrected chi connectivity index (χ3v) is 3.06. The zero-order chi connectivity index (χ0) is 13.5. The quantitative estimate of drug-likeness (QED) is 0.864. The number of aliphatic hydroxyl groups is 1. The molecule has 0 saturated heterocycles. The van der Waals surface area contributed by atoms with Gasteiger partial charge >= 0.3 is 0 Å². The number of aromatic nitrogens is 1. The molecule has 1 aromatic heterocycles. The molecule has 3 nitrogen and oxygen atoms in total. The second-order valence-corrected chi connectivity index (χ2v) is 4.45. The molecule has 0 bridgehead atoms. The number of nitrogens with zero attached hydrogens (tertiary/aromatic N) is 1. The van der Waals surface area contributed by atoms with E-state index in [1.54, 1.807) is 12.4 Å². The summed E-state index contributed by atoms with van der Waals surface area (Å²) in [5.41, 5.74) is 2.15. The van der Waals surface area contributed by atoms with E-state index in [0.29, 0.717) is 6.61 Å². The first-order valence-electron chi connectivity index (χ1n) is 6.59. The molecule has 0 radical (unpaired) electrons. The maximum absolute atomic E-state index is 9.70. The molecule has 0 amide bonds. The molecule has 0 aliphatic heterocycles. The molecule has 19 heavy (non-hydrogen) atoms. The summed E-state index contributed by atoms with van der Waals surface area (Å²) in [4.78, 5) is 3.98. The lowest BCUT2D eigenvalue weighted by Gasteiger charge is -2.10. The van der Waals surface area contributed by atoms with Crippen LogP contribution in [-0.2, 0) is 6.42 Å². The number of hydrogen-bond acceptors (Lipinski definition) is 3. The Morgan fingerprint density at radius 3 is 2.42 bits per heavy atom. The van der Waals surface area contributed by atoms with Crippen molar-refractivity contribution in [3.63, 3.8) is 0 Å². The van der Waals surface area contributed by atoms with Crippen molar-refractivity contribution in [1.82, 2.24) is 4.98 Å². The Kier molecular flexibility index (Phi) is 4.93. The van der Waals surface area contributed by atoms with E-state index in [9.17, 15) is 5.11 Å². The first-order chi connectivity index (χ1) is 9.29. The van der Waals surface area contributed by atoms with Gasteiger partial charge in [0.1, 0.15) is 5.75 Å². The summed E-state index contributed by atoms with van der Waals surface area (Å²) < 4.78 is 5.68. The zero-order valence-electron chi connectivity index (χ0n) is 11.1. The molecule has 2 rings (SSSR count). The molecule has 1 atom stereocenters. The summed E-state index contributed by atoms with van der Waals surface area (Å²) >= 11 is 0. The van der Waals surface area contributed by atoms with Gasteiger partial charge in [-0.25, -0.2) is 0 Å². The number of aliphatic hydroxyl groups excluding tert-OH is 1. The predicted octanol–water partition coefficient (Wildman–Crippen LogP) is 3.15. The molecular weight excluding hydrogens is 238 g/mol. The van der Waals surface area contributed by atoms with E-state index in [1.165, 1.54) is 5.56 Å². The summed E-state index contributed by atoms with van der Waals surface area (Å²) in [6.45, 7) is 2.60. The normalized spacial score (nSPS) is 12.1. The van der Waals surface area contributed by atoms with Crippen molar-refractivity contribution in [3.8, 4) is 5.75 Å². The Labute approximate surface area is 113 Å². The smallest absolute Gasteiger partial charge is 0.119 e. The summed E-state index contributed by atoms with van der Waals surface area (Å²) in [6.07, 6.45) is 4.78. The fourth-order valence-corrected chi connectivity index (χ4v) is 1.86. The van der Waals surface area contributed by atoms with E-state index in [1.807, 2.05) is 43.3 Å². The molecule has 2 aromatic rings. The highest BCUT2D eigenvalue weighted by molar-refractivity contribution is 5.28. The van der Waals surface area contributed by atoms with E-state index in [2.05, 4.69) is 4.98 Å². The minimum absolute atomic E-state index is 0.383. The van der Waals surface area contributed by atoms with Gasteiger partial charge in [0.15, 0.2) is 0 Å². The van der Waals surface area contributed by atoms with Crippen molar-refractivity contribution in [2.24, 2.45) is 0 Å². The van der Waals surface area contributed by atoms with Crippen LogP contribution in [0.1, 0.15) is 30.6 Å². The average molecular weight is 257 g/mol. The van der Waals surface area contributed by atoms with Crippen LogP contribution >= 0.6 is 0 Å². The highest BCUT2D eigenvalue weighted by Crippen LogP contribution is 2.19. The summed E-state index contributed by atoms with van der Waals surface area (Å²) in [7, 11) is 0. The number of rotatable bonds is 6. The molecule has 0 fully saturated rings. The minimum atomic E-state index is -0.383. The van der Waals surface area contributed by atoms with Gasteiger partial charge in [-0.05, 0) is 41.8 Å². The lowest BCUT2D eigenvalue weighted by atomic mass is 10.1. The summed E-state index contributed by atoms with van der Waals surface area (Å²) in [6, 6.07) is 11.6. The Morgan fingerprint density at radius 2 is 1.79 bits per heavy atom. The van der Waals surface area contributed by atoms with Gasteiger partial charge in [0.05, 0.1) is 12.7 Å². The summed E-state index contributed by atoms with van der Waals surface area (Å²) in [5, 5.41) is 9.70. The van der Waals surface area contributed by atoms with Crippen molar-refractivity contribution in [2.75, 3.05) is 6.61 Å².